The van der Waals surface area contributed by atoms with Crippen LogP contribution in [0.2, 0.25) is 0 Å². The van der Waals surface area contributed by atoms with E-state index in [9.17, 15) is 14.4 Å². The summed E-state index contributed by atoms with van der Waals surface area (Å²) in [6.07, 6.45) is -0.773. The second-order valence-electron chi connectivity index (χ2n) is 7.01. The molecule has 0 rings (SSSR count). The Morgan fingerprint density at radius 1 is 0.545 bits per heavy atom. The molecule has 0 aromatic rings. The lowest BCUT2D eigenvalue weighted by molar-refractivity contribution is -0.158. The minimum atomic E-state index is -0.773. The predicted octanol–water partition coefficient (Wildman–Crippen LogP) is 1.78. The van der Waals surface area contributed by atoms with E-state index < -0.39 is 24.0 Å². The van der Waals surface area contributed by atoms with Crippen molar-refractivity contribution in [3.8, 4) is 0 Å². The van der Waals surface area contributed by atoms with Crippen molar-refractivity contribution >= 4 is 17.9 Å². The molecule has 10 heteroatoms. The smallest absolute Gasteiger partial charge is 0.333 e. The zero-order valence-electron chi connectivity index (χ0n) is 19.9. The van der Waals surface area contributed by atoms with E-state index in [0.717, 1.165) is 0 Å². The van der Waals surface area contributed by atoms with Gasteiger partial charge in [0.15, 0.2) is 6.10 Å². The monoisotopic (exact) mass is 472 g/mol. The number of carbonyl (C=O) groups is 3. The summed E-state index contributed by atoms with van der Waals surface area (Å²) in [6, 6.07) is 0. The van der Waals surface area contributed by atoms with Gasteiger partial charge in [0.2, 0.25) is 0 Å². The van der Waals surface area contributed by atoms with Crippen LogP contribution in [0.3, 0.4) is 0 Å². The van der Waals surface area contributed by atoms with Gasteiger partial charge in [0.25, 0.3) is 0 Å². The highest BCUT2D eigenvalue weighted by molar-refractivity contribution is 5.88. The third kappa shape index (κ3) is 17.7. The van der Waals surface area contributed by atoms with Crippen LogP contribution in [0.4, 0.5) is 0 Å². The average Bonchev–Trinajstić information content (AvgIpc) is 2.76. The fourth-order valence-electron chi connectivity index (χ4n) is 1.85. The number of carbonyl (C=O) groups excluding carboxylic acids is 3. The summed E-state index contributed by atoms with van der Waals surface area (Å²) < 4.78 is 36.5. The predicted molar refractivity (Wildman–Crippen MR) is 120 cm³/mol. The summed E-state index contributed by atoms with van der Waals surface area (Å²) in [5.74, 6) is -1.61. The largest absolute Gasteiger partial charge is 0.460 e. The Morgan fingerprint density at radius 2 is 0.939 bits per heavy atom. The third-order valence-electron chi connectivity index (χ3n) is 3.60. The van der Waals surface area contributed by atoms with Gasteiger partial charge in [-0.1, -0.05) is 19.7 Å². The van der Waals surface area contributed by atoms with E-state index in [0.29, 0.717) is 38.6 Å². The molecule has 188 valence electrons. The molecule has 0 aliphatic heterocycles. The van der Waals surface area contributed by atoms with Crippen molar-refractivity contribution in [2.45, 2.75) is 26.9 Å². The molecule has 0 saturated carbocycles. The summed E-state index contributed by atoms with van der Waals surface area (Å²) in [6.45, 7) is 17.5. The molecule has 0 aromatic carbocycles. The molecule has 0 amide bonds. The number of hydrogen-bond donors (Lipinski definition) is 0. The minimum Gasteiger partial charge on any atom is -0.460 e. The van der Waals surface area contributed by atoms with Crippen molar-refractivity contribution < 1.29 is 47.5 Å². The molecule has 33 heavy (non-hydrogen) atoms. The van der Waals surface area contributed by atoms with Crippen LogP contribution < -0.4 is 0 Å². The topological polar surface area (TPSA) is 116 Å². The maximum absolute atomic E-state index is 11.7. The molecular formula is C23H36O10. The number of ether oxygens (including phenoxy) is 7. The van der Waals surface area contributed by atoms with Gasteiger partial charge in [-0.3, -0.25) is 0 Å². The Morgan fingerprint density at radius 3 is 1.39 bits per heavy atom. The zero-order valence-corrected chi connectivity index (χ0v) is 19.9. The van der Waals surface area contributed by atoms with Crippen LogP contribution in [0.1, 0.15) is 20.8 Å². The first-order chi connectivity index (χ1) is 15.6. The normalized spacial score (nSPS) is 11.4. The summed E-state index contributed by atoms with van der Waals surface area (Å²) in [4.78, 5) is 34.4. The van der Waals surface area contributed by atoms with Crippen molar-refractivity contribution in [3.05, 3.63) is 36.5 Å². The Kier molecular flexibility index (Phi) is 17.5. The van der Waals surface area contributed by atoms with Crippen LogP contribution in [-0.2, 0) is 47.5 Å². The Labute approximate surface area is 195 Å². The highest BCUT2D eigenvalue weighted by Crippen LogP contribution is 2.03. The average molecular weight is 473 g/mol. The van der Waals surface area contributed by atoms with Gasteiger partial charge in [0.1, 0.15) is 13.2 Å². The molecule has 10 nitrogen and oxygen atoms in total. The molecule has 0 fully saturated rings. The molecule has 0 saturated heterocycles. The van der Waals surface area contributed by atoms with E-state index in [2.05, 4.69) is 19.7 Å². The molecule has 0 aromatic heterocycles. The number of rotatable bonds is 20. The van der Waals surface area contributed by atoms with Gasteiger partial charge in [-0.05, 0) is 20.8 Å². The molecule has 0 radical (unpaired) electrons. The van der Waals surface area contributed by atoms with Crippen molar-refractivity contribution in [2.75, 3.05) is 66.1 Å². The van der Waals surface area contributed by atoms with Crippen LogP contribution in [0, 0.1) is 0 Å². The second kappa shape index (κ2) is 19.0. The zero-order chi connectivity index (χ0) is 25.1. The highest BCUT2D eigenvalue weighted by atomic mass is 16.6. The summed E-state index contributed by atoms with van der Waals surface area (Å²) in [7, 11) is 0. The van der Waals surface area contributed by atoms with Crippen molar-refractivity contribution in [1.82, 2.24) is 0 Å². The highest BCUT2D eigenvalue weighted by Gasteiger charge is 2.18. The van der Waals surface area contributed by atoms with Crippen LogP contribution >= 0.6 is 0 Å². The van der Waals surface area contributed by atoms with Gasteiger partial charge in [-0.2, -0.15) is 0 Å². The van der Waals surface area contributed by atoms with Crippen LogP contribution in [0.5, 0.6) is 0 Å². The first kappa shape index (κ1) is 30.5. The summed E-state index contributed by atoms with van der Waals surface area (Å²) >= 11 is 0. The quantitative estimate of drug-likeness (QED) is 0.112. The van der Waals surface area contributed by atoms with Gasteiger partial charge in [-0.15, -0.1) is 0 Å². The SMILES string of the molecule is C=C(C)C(=O)OCCOCCOCCOCCOCC(COC(=O)C(=C)C)OC(=O)C(=C)C. The first-order valence-corrected chi connectivity index (χ1v) is 10.5. The molecule has 1 unspecified atom stereocenters. The lowest BCUT2D eigenvalue weighted by atomic mass is 10.3. The van der Waals surface area contributed by atoms with Gasteiger partial charge < -0.3 is 33.2 Å². The third-order valence-corrected chi connectivity index (χ3v) is 3.60. The molecule has 0 bridgehead atoms. The fraction of sp³-hybridized carbons (Fsp3) is 0.609. The maximum Gasteiger partial charge on any atom is 0.333 e. The van der Waals surface area contributed by atoms with Gasteiger partial charge >= 0.3 is 17.9 Å². The van der Waals surface area contributed by atoms with Crippen molar-refractivity contribution in [1.29, 1.82) is 0 Å². The molecule has 0 heterocycles. The Balaban J connectivity index is 3.76. The number of esters is 3. The van der Waals surface area contributed by atoms with E-state index in [1.54, 1.807) is 6.92 Å². The van der Waals surface area contributed by atoms with Gasteiger partial charge in [0, 0.05) is 16.7 Å². The lowest BCUT2D eigenvalue weighted by Crippen LogP contribution is -2.30. The lowest BCUT2D eigenvalue weighted by Gasteiger charge is -2.18. The van der Waals surface area contributed by atoms with E-state index in [4.69, 9.17) is 33.2 Å². The molecular weight excluding hydrogens is 436 g/mol. The van der Waals surface area contributed by atoms with E-state index >= 15 is 0 Å². The first-order valence-electron chi connectivity index (χ1n) is 10.5. The summed E-state index contributed by atoms with van der Waals surface area (Å²) in [5, 5.41) is 0. The maximum atomic E-state index is 11.7. The van der Waals surface area contributed by atoms with E-state index in [1.165, 1.54) is 13.8 Å². The standard InChI is InChI=1S/C23H36O10/c1-17(2)21(24)31-14-13-29-10-9-27-7-8-28-11-12-30-15-20(33-23(26)19(5)6)16-32-22(25)18(3)4/h20H,1,3,5,7-16H2,2,4,6H3. The van der Waals surface area contributed by atoms with Crippen molar-refractivity contribution in [3.63, 3.8) is 0 Å². The summed E-state index contributed by atoms with van der Waals surface area (Å²) in [5.41, 5.74) is 0.817. The molecule has 0 aliphatic rings. The number of hydrogen-bond acceptors (Lipinski definition) is 10. The minimum absolute atomic E-state index is 0.0291. The molecule has 0 N–H and O–H groups in total. The van der Waals surface area contributed by atoms with Gasteiger partial charge in [-0.25, -0.2) is 14.4 Å². The van der Waals surface area contributed by atoms with Gasteiger partial charge in [0.05, 0.1) is 52.9 Å². The van der Waals surface area contributed by atoms with E-state index in [1.807, 2.05) is 0 Å². The Hall–Kier alpha value is -2.53. The second-order valence-corrected chi connectivity index (χ2v) is 7.01. The molecule has 1 atom stereocenters. The van der Waals surface area contributed by atoms with E-state index in [-0.39, 0.29) is 44.2 Å². The Bertz CT molecular complexity index is 656. The van der Waals surface area contributed by atoms with Crippen LogP contribution in [0.15, 0.2) is 36.5 Å². The van der Waals surface area contributed by atoms with Crippen molar-refractivity contribution in [2.24, 2.45) is 0 Å². The fourth-order valence-corrected chi connectivity index (χ4v) is 1.85. The molecule has 0 aliphatic carbocycles. The van der Waals surface area contributed by atoms with Crippen LogP contribution in [0.25, 0.3) is 0 Å². The molecule has 0 spiro atoms. The van der Waals surface area contributed by atoms with Crippen LogP contribution in [-0.4, -0.2) is 90.1 Å².